The minimum atomic E-state index is -4.10. The molecule has 0 radical (unpaired) electrons. The second-order valence-corrected chi connectivity index (χ2v) is 9.56. The Morgan fingerprint density at radius 1 is 1.03 bits per heavy atom. The highest BCUT2D eigenvalue weighted by molar-refractivity contribution is 7.92. The molecular weight excluding hydrogens is 459 g/mol. The van der Waals surface area contributed by atoms with Crippen LogP contribution in [0.3, 0.4) is 0 Å². The van der Waals surface area contributed by atoms with Crippen molar-refractivity contribution in [2.45, 2.75) is 23.8 Å². The molecule has 0 spiro atoms. The van der Waals surface area contributed by atoms with Crippen LogP contribution in [0.5, 0.6) is 11.5 Å². The lowest BCUT2D eigenvalue weighted by atomic mass is 10.0. The number of likely N-dealkylation sites (tertiary alicyclic amines) is 1. The first-order chi connectivity index (χ1) is 16.3. The number of carbonyl (C=O) groups excluding carboxylic acids is 1. The van der Waals surface area contributed by atoms with Gasteiger partial charge in [0.15, 0.2) is 0 Å². The Hall–Kier alpha value is -3.59. The first-order valence-electron chi connectivity index (χ1n) is 10.7. The van der Waals surface area contributed by atoms with Crippen LogP contribution in [0.4, 0.5) is 10.1 Å². The molecule has 1 amide bonds. The number of halogens is 1. The molecule has 1 aliphatic rings. The number of carbonyl (C=O) groups is 1. The molecule has 1 aliphatic heterocycles. The Morgan fingerprint density at radius 2 is 1.82 bits per heavy atom. The van der Waals surface area contributed by atoms with Gasteiger partial charge in [0.25, 0.3) is 15.9 Å². The first kappa shape index (κ1) is 23.6. The van der Waals surface area contributed by atoms with Gasteiger partial charge in [-0.25, -0.2) is 12.8 Å². The zero-order chi connectivity index (χ0) is 24.3. The SMILES string of the molecule is COc1ccc(OC)c([C@H]2CCCN2C(=O)c2cccc(S(=O)(=O)Nc3ccccc3F)c2)c1. The minimum absolute atomic E-state index is 0.128. The lowest BCUT2D eigenvalue weighted by Gasteiger charge is -2.27. The van der Waals surface area contributed by atoms with Gasteiger partial charge in [0.1, 0.15) is 17.3 Å². The Bertz CT molecular complexity index is 1310. The largest absolute Gasteiger partial charge is 0.497 e. The van der Waals surface area contributed by atoms with Crippen molar-refractivity contribution in [2.75, 3.05) is 25.5 Å². The molecule has 1 heterocycles. The van der Waals surface area contributed by atoms with Crippen molar-refractivity contribution in [3.63, 3.8) is 0 Å². The van der Waals surface area contributed by atoms with E-state index in [1.54, 1.807) is 37.3 Å². The van der Waals surface area contributed by atoms with Gasteiger partial charge in [-0.2, -0.15) is 0 Å². The number of hydrogen-bond acceptors (Lipinski definition) is 5. The van der Waals surface area contributed by atoms with Crippen LogP contribution in [-0.2, 0) is 10.0 Å². The van der Waals surface area contributed by atoms with Crippen molar-refractivity contribution < 1.29 is 27.1 Å². The number of amides is 1. The number of benzene rings is 3. The summed E-state index contributed by atoms with van der Waals surface area (Å²) in [6.45, 7) is 0.522. The third-order valence-corrected chi connectivity index (χ3v) is 7.18. The van der Waals surface area contributed by atoms with Crippen molar-refractivity contribution in [3.05, 3.63) is 83.7 Å². The van der Waals surface area contributed by atoms with Crippen molar-refractivity contribution >= 4 is 21.6 Å². The molecule has 7 nitrogen and oxygen atoms in total. The number of rotatable bonds is 7. The van der Waals surface area contributed by atoms with E-state index >= 15 is 0 Å². The van der Waals surface area contributed by atoms with Crippen LogP contribution in [0.2, 0.25) is 0 Å². The lowest BCUT2D eigenvalue weighted by Crippen LogP contribution is -2.31. The van der Waals surface area contributed by atoms with E-state index in [-0.39, 0.29) is 28.1 Å². The summed E-state index contributed by atoms with van der Waals surface area (Å²) in [5, 5.41) is 0. The van der Waals surface area contributed by atoms with Crippen molar-refractivity contribution in [1.82, 2.24) is 4.90 Å². The van der Waals surface area contributed by atoms with Gasteiger partial charge in [-0.3, -0.25) is 9.52 Å². The molecule has 3 aromatic rings. The zero-order valence-electron chi connectivity index (χ0n) is 18.8. The standard InChI is InChI=1S/C25H25FN2O5S/c1-32-18-12-13-24(33-2)20(16-18)23-11-6-14-28(23)25(29)17-7-5-8-19(15-17)34(30,31)27-22-10-4-3-9-21(22)26/h3-5,7-10,12-13,15-16,23,27H,6,11,14H2,1-2H3/t23-/m1/s1. The fourth-order valence-electron chi connectivity index (χ4n) is 4.14. The Balaban J connectivity index is 1.63. The van der Waals surface area contributed by atoms with E-state index in [0.29, 0.717) is 18.0 Å². The van der Waals surface area contributed by atoms with E-state index in [9.17, 15) is 17.6 Å². The number of para-hydroxylation sites is 1. The van der Waals surface area contributed by atoms with Crippen LogP contribution in [0.1, 0.15) is 34.8 Å². The highest BCUT2D eigenvalue weighted by Crippen LogP contribution is 2.39. The number of hydrogen-bond donors (Lipinski definition) is 1. The van der Waals surface area contributed by atoms with E-state index in [1.165, 1.54) is 36.4 Å². The predicted octanol–water partition coefficient (Wildman–Crippen LogP) is 4.62. The summed E-state index contributed by atoms with van der Waals surface area (Å²) in [4.78, 5) is 15.0. The molecule has 9 heteroatoms. The summed E-state index contributed by atoms with van der Waals surface area (Å²) in [6.07, 6.45) is 1.53. The second kappa shape index (κ2) is 9.72. The van der Waals surface area contributed by atoms with Crippen LogP contribution in [0.15, 0.2) is 71.6 Å². The maximum absolute atomic E-state index is 14.0. The van der Waals surface area contributed by atoms with Gasteiger partial charge >= 0.3 is 0 Å². The number of ether oxygens (including phenoxy) is 2. The van der Waals surface area contributed by atoms with Gasteiger partial charge in [0.2, 0.25) is 0 Å². The van der Waals surface area contributed by atoms with Crippen molar-refractivity contribution in [2.24, 2.45) is 0 Å². The molecule has 1 atom stereocenters. The summed E-state index contributed by atoms with van der Waals surface area (Å²) in [5.74, 6) is 0.319. The summed E-state index contributed by atoms with van der Waals surface area (Å²) in [6, 6.07) is 16.5. The van der Waals surface area contributed by atoms with E-state index in [4.69, 9.17) is 9.47 Å². The predicted molar refractivity (Wildman–Crippen MR) is 126 cm³/mol. The Labute approximate surface area is 198 Å². The molecule has 4 rings (SSSR count). The zero-order valence-corrected chi connectivity index (χ0v) is 19.6. The average Bonchev–Trinajstić information content (AvgIpc) is 3.34. The maximum Gasteiger partial charge on any atom is 0.262 e. The van der Waals surface area contributed by atoms with E-state index in [2.05, 4.69) is 4.72 Å². The second-order valence-electron chi connectivity index (χ2n) is 7.88. The van der Waals surface area contributed by atoms with Gasteiger partial charge in [-0.1, -0.05) is 18.2 Å². The molecule has 0 aliphatic carbocycles. The Kier molecular flexibility index (Phi) is 6.74. The van der Waals surface area contributed by atoms with Crippen LogP contribution >= 0.6 is 0 Å². The molecule has 0 unspecified atom stereocenters. The maximum atomic E-state index is 14.0. The molecule has 178 valence electrons. The van der Waals surface area contributed by atoms with Crippen LogP contribution < -0.4 is 14.2 Å². The highest BCUT2D eigenvalue weighted by Gasteiger charge is 2.33. The van der Waals surface area contributed by atoms with Crippen LogP contribution in [-0.4, -0.2) is 40.0 Å². The van der Waals surface area contributed by atoms with Crippen LogP contribution in [0, 0.1) is 5.82 Å². The van der Waals surface area contributed by atoms with E-state index in [0.717, 1.165) is 24.5 Å². The fraction of sp³-hybridized carbons (Fsp3) is 0.240. The normalized spacial score (nSPS) is 15.7. The number of anilines is 1. The number of nitrogens with zero attached hydrogens (tertiary/aromatic N) is 1. The lowest BCUT2D eigenvalue weighted by molar-refractivity contribution is 0.0733. The molecule has 0 saturated carbocycles. The molecule has 3 aromatic carbocycles. The van der Waals surface area contributed by atoms with Crippen LogP contribution in [0.25, 0.3) is 0 Å². The Morgan fingerprint density at radius 3 is 2.56 bits per heavy atom. The van der Waals surface area contributed by atoms with Crippen molar-refractivity contribution in [1.29, 1.82) is 0 Å². The molecular formula is C25H25FN2O5S. The quantitative estimate of drug-likeness (QED) is 0.529. The molecule has 34 heavy (non-hydrogen) atoms. The molecule has 0 aromatic heterocycles. The number of sulfonamides is 1. The molecule has 1 saturated heterocycles. The number of methoxy groups -OCH3 is 2. The first-order valence-corrected chi connectivity index (χ1v) is 12.2. The van der Waals surface area contributed by atoms with Gasteiger partial charge in [0.05, 0.1) is 30.8 Å². The van der Waals surface area contributed by atoms with Gasteiger partial charge in [-0.05, 0) is 61.4 Å². The third kappa shape index (κ3) is 4.70. The highest BCUT2D eigenvalue weighted by atomic mass is 32.2. The topological polar surface area (TPSA) is 84.9 Å². The molecule has 1 fully saturated rings. The summed E-state index contributed by atoms with van der Waals surface area (Å²) < 4.78 is 52.8. The average molecular weight is 485 g/mol. The van der Waals surface area contributed by atoms with Gasteiger partial charge in [-0.15, -0.1) is 0 Å². The fourth-order valence-corrected chi connectivity index (χ4v) is 5.26. The van der Waals surface area contributed by atoms with Gasteiger partial charge < -0.3 is 14.4 Å². The molecule has 0 bridgehead atoms. The summed E-state index contributed by atoms with van der Waals surface area (Å²) in [7, 11) is -0.951. The third-order valence-electron chi connectivity index (χ3n) is 5.82. The summed E-state index contributed by atoms with van der Waals surface area (Å²) in [5.41, 5.74) is 0.895. The van der Waals surface area contributed by atoms with E-state index in [1.807, 2.05) is 6.07 Å². The van der Waals surface area contributed by atoms with E-state index < -0.39 is 15.8 Å². The minimum Gasteiger partial charge on any atom is -0.497 e. The number of nitrogens with one attached hydrogen (secondary N) is 1. The van der Waals surface area contributed by atoms with Gasteiger partial charge in [0, 0.05) is 17.7 Å². The summed E-state index contributed by atoms with van der Waals surface area (Å²) >= 11 is 0. The monoisotopic (exact) mass is 484 g/mol. The molecule has 1 N–H and O–H groups in total. The van der Waals surface area contributed by atoms with Crippen molar-refractivity contribution in [3.8, 4) is 11.5 Å². The smallest absolute Gasteiger partial charge is 0.262 e.